The quantitative estimate of drug-likeness (QED) is 0.112. The maximum atomic E-state index is 10.7. The Morgan fingerprint density at radius 3 is 1.51 bits per heavy atom. The lowest BCUT2D eigenvalue weighted by Crippen LogP contribution is -2.48. The number of aryl methyl sites for hydroxylation is 1. The highest BCUT2D eigenvalue weighted by Crippen LogP contribution is 2.33. The number of nitrogens with one attached hydrogen (secondary N) is 8. The van der Waals surface area contributed by atoms with Crippen LogP contribution in [0.2, 0.25) is 0 Å². The van der Waals surface area contributed by atoms with Crippen LogP contribution in [0.25, 0.3) is 11.0 Å². The first-order valence-corrected chi connectivity index (χ1v) is 31.8. The number of thioether (sulfide) groups is 5. The molecule has 0 saturated carbocycles. The van der Waals surface area contributed by atoms with Crippen LogP contribution < -0.4 is 49.4 Å². The third kappa shape index (κ3) is 31.4. The molecular weight excluding hydrogens is 1040 g/mol. The lowest BCUT2D eigenvalue weighted by molar-refractivity contribution is -0.0334. The van der Waals surface area contributed by atoms with Gasteiger partial charge in [0, 0.05) is 117 Å². The van der Waals surface area contributed by atoms with E-state index in [-0.39, 0.29) is 16.7 Å². The topological polar surface area (TPSA) is 235 Å². The molecule has 74 heavy (non-hydrogen) atoms. The Morgan fingerprint density at radius 2 is 1.11 bits per heavy atom. The Balaban J connectivity index is 0.000000179. The van der Waals surface area contributed by atoms with Gasteiger partial charge >= 0.3 is 17.0 Å². The molecule has 0 bridgehead atoms. The third-order valence-corrected chi connectivity index (χ3v) is 17.8. The summed E-state index contributed by atoms with van der Waals surface area (Å²) >= 11 is 10.4. The minimum atomic E-state index is -0.475. The van der Waals surface area contributed by atoms with Crippen molar-refractivity contribution >= 4 is 69.8 Å². The zero-order chi connectivity index (χ0) is 52.5. The number of rotatable bonds is 0. The maximum Gasteiger partial charge on any atom is 0.336 e. The van der Waals surface area contributed by atoms with E-state index in [9.17, 15) is 24.0 Å². The average Bonchev–Trinajstić information content (AvgIpc) is 3.56. The molecule has 4 aromatic rings. The van der Waals surface area contributed by atoms with Gasteiger partial charge in [-0.2, -0.15) is 35.3 Å². The van der Waals surface area contributed by atoms with Crippen LogP contribution in [0, 0.1) is 6.92 Å². The highest BCUT2D eigenvalue weighted by Gasteiger charge is 2.32. The van der Waals surface area contributed by atoms with Gasteiger partial charge in [-0.1, -0.05) is 31.0 Å². The molecule has 9 aliphatic rings. The van der Waals surface area contributed by atoms with Crippen molar-refractivity contribution in [2.45, 2.75) is 69.0 Å². The van der Waals surface area contributed by atoms with E-state index >= 15 is 0 Å². The highest BCUT2D eigenvalue weighted by molar-refractivity contribution is 8.16. The fourth-order valence-electron chi connectivity index (χ4n) is 7.48. The lowest BCUT2D eigenvalue weighted by Gasteiger charge is -2.43. The first kappa shape index (κ1) is 63.8. The van der Waals surface area contributed by atoms with Crippen LogP contribution in [0.4, 0.5) is 0 Å². The van der Waals surface area contributed by atoms with Gasteiger partial charge in [-0.3, -0.25) is 29.4 Å². The van der Waals surface area contributed by atoms with Crippen molar-refractivity contribution in [3.63, 3.8) is 0 Å². The molecule has 416 valence electrons. The predicted molar refractivity (Wildman–Crippen MR) is 315 cm³/mol. The van der Waals surface area contributed by atoms with Gasteiger partial charge in [-0.05, 0) is 94.5 Å². The minimum absolute atomic E-state index is 0.302. The Morgan fingerprint density at radius 1 is 0.514 bits per heavy atom. The van der Waals surface area contributed by atoms with Gasteiger partial charge in [0.15, 0.2) is 0 Å². The van der Waals surface area contributed by atoms with E-state index < -0.39 is 11.4 Å². The monoisotopic (exact) mass is 1120 g/mol. The second kappa shape index (κ2) is 42.3. The number of aromatic amines is 4. The Kier molecular flexibility index (Phi) is 36.4. The number of fused-ring (bicyclic) bond motifs is 3. The van der Waals surface area contributed by atoms with Crippen molar-refractivity contribution in [1.82, 2.24) is 51.0 Å². The van der Waals surface area contributed by atoms with Gasteiger partial charge in [0.25, 0.3) is 11.1 Å². The van der Waals surface area contributed by atoms with E-state index in [1.807, 2.05) is 39.9 Å². The van der Waals surface area contributed by atoms with Gasteiger partial charge in [-0.15, -0.1) is 23.5 Å². The summed E-state index contributed by atoms with van der Waals surface area (Å²) in [6, 6.07) is 13.1. The second-order valence-electron chi connectivity index (χ2n) is 17.6. The number of H-pyrrole nitrogens is 4. The summed E-state index contributed by atoms with van der Waals surface area (Å²) in [5.41, 5.74) is -0.769. The molecule has 3 aromatic heterocycles. The number of hydrogen-bond acceptors (Lipinski definition) is 19. The van der Waals surface area contributed by atoms with Crippen molar-refractivity contribution in [3.05, 3.63) is 113 Å². The molecule has 2 atom stereocenters. The van der Waals surface area contributed by atoms with E-state index in [0.29, 0.717) is 11.3 Å². The fraction of sp³-hybridized carbons (Fsp3) is 0.667. The molecule has 2 unspecified atom stereocenters. The van der Waals surface area contributed by atoms with Crippen LogP contribution >= 0.6 is 58.8 Å². The van der Waals surface area contributed by atoms with Crippen molar-refractivity contribution in [3.8, 4) is 0 Å². The van der Waals surface area contributed by atoms with Crippen LogP contribution in [0.3, 0.4) is 0 Å². The number of nitrogens with zero attached hydrogens (tertiary/aromatic N) is 2. The number of hydrogen-bond donors (Lipinski definition) is 8. The Hall–Kier alpha value is -2.78. The largest absolute Gasteiger partial charge is 0.423 e. The number of benzene rings is 1. The molecule has 8 N–H and O–H groups in total. The average molecular weight is 1130 g/mol. The van der Waals surface area contributed by atoms with Crippen LogP contribution in [-0.4, -0.2) is 185 Å². The van der Waals surface area contributed by atoms with E-state index in [1.165, 1.54) is 168 Å². The van der Waals surface area contributed by atoms with Crippen LogP contribution in [0.15, 0.2) is 83.1 Å². The first-order chi connectivity index (χ1) is 36.3. The van der Waals surface area contributed by atoms with Crippen LogP contribution in [-0.2, 0) is 9.47 Å². The Labute approximate surface area is 458 Å². The number of aromatic nitrogens is 4. The van der Waals surface area contributed by atoms with Crippen molar-refractivity contribution in [2.75, 3.05) is 145 Å². The van der Waals surface area contributed by atoms with Gasteiger partial charge in [0.05, 0.1) is 37.2 Å². The summed E-state index contributed by atoms with van der Waals surface area (Å²) in [5.74, 6) is 8.19. The van der Waals surface area contributed by atoms with Gasteiger partial charge in [0.2, 0.25) is 0 Å². The SMILES string of the molecule is C1CCCNCC1.C1CN2CCC2S1.C1CNCCN1.C1COCCO1.C1CSC2CCN2C1.C1CSCCN1.C1CSCSC1.Cc1cc(=O)[nH]c(=O)[nH]1.O=c1cc[nH]c(=O)[nH]1.O=c1ccc2ccccc2o1. The van der Waals surface area contributed by atoms with Gasteiger partial charge < -0.3 is 45.1 Å². The fourth-order valence-corrected chi connectivity index (χ4v) is 13.1. The van der Waals surface area contributed by atoms with Crippen LogP contribution in [0.5, 0.6) is 0 Å². The van der Waals surface area contributed by atoms with Gasteiger partial charge in [-0.25, -0.2) is 14.4 Å². The summed E-state index contributed by atoms with van der Waals surface area (Å²) in [6.45, 7) is 19.7. The molecule has 13 rings (SSSR count). The van der Waals surface area contributed by atoms with E-state index in [0.717, 1.165) is 68.7 Å². The molecule has 9 saturated heterocycles. The van der Waals surface area contributed by atoms with Crippen molar-refractivity contribution < 1.29 is 13.9 Å². The molecule has 12 heterocycles. The summed E-state index contributed by atoms with van der Waals surface area (Å²) in [4.78, 5) is 65.8. The number of ether oxygens (including phenoxy) is 2. The molecule has 0 amide bonds. The molecule has 23 heteroatoms. The van der Waals surface area contributed by atoms with E-state index in [1.54, 1.807) is 19.1 Å². The molecular formula is C51H84N10O8S5. The summed E-state index contributed by atoms with van der Waals surface area (Å²) in [6.07, 6.45) is 12.7. The number of para-hydroxylation sites is 1. The standard InChI is InChI=1S/C9H6O2.C6H11NS.C6H13N.C5H6N2O2.C5H9NS.C4H4N2O2.C4H10N2.C4H9NS.C4H8O2.C4H8S2/c10-9-6-5-7-3-1-2-4-8(7)11-9;1-3-7-4-2-6(7)8-5-1;1-2-4-6-7-5-3-1;1-3-2-4(8)7-5(9)6-3;1-2-6-3-4-7-5(1)6;7-3-1-2-5-4(8)6-3;1-2-6-4-3-5-1;1-3-6-4-2-5-1;1-2-6-4-3-5-1;1-2-5-4-6-3-1/h1-6H;6H,1-5H2;7H,1-6H2;2H,1H3,(H2,6,7,8,9);5H,1-4H2;1-2H,(H2,5,6,7,8);5-6H,1-4H2;5H,1-4H2;2*1-4H2. The molecule has 0 aliphatic carbocycles. The zero-order valence-corrected chi connectivity index (χ0v) is 47.6. The molecule has 0 radical (unpaired) electrons. The Bertz CT molecular complexity index is 2120. The second-order valence-corrected chi connectivity index (χ2v) is 23.9. The summed E-state index contributed by atoms with van der Waals surface area (Å²) in [7, 11) is 0. The maximum absolute atomic E-state index is 10.7. The molecule has 18 nitrogen and oxygen atoms in total. The number of piperazine rings is 1. The van der Waals surface area contributed by atoms with Crippen LogP contribution in [0.1, 0.15) is 57.1 Å². The first-order valence-electron chi connectivity index (χ1n) is 26.3. The molecule has 0 spiro atoms. The molecule has 9 aliphatic heterocycles. The minimum Gasteiger partial charge on any atom is -0.423 e. The summed E-state index contributed by atoms with van der Waals surface area (Å²) in [5, 5.41) is 17.2. The lowest BCUT2D eigenvalue weighted by atomic mass is 10.2. The van der Waals surface area contributed by atoms with Crippen molar-refractivity contribution in [2.24, 2.45) is 0 Å². The van der Waals surface area contributed by atoms with Crippen molar-refractivity contribution in [1.29, 1.82) is 0 Å². The predicted octanol–water partition coefficient (Wildman–Crippen LogP) is 4.65. The van der Waals surface area contributed by atoms with E-state index in [4.69, 9.17) is 13.9 Å². The summed E-state index contributed by atoms with van der Waals surface area (Å²) < 4.78 is 14.8. The highest BCUT2D eigenvalue weighted by atomic mass is 32.2. The van der Waals surface area contributed by atoms with E-state index in [2.05, 4.69) is 88.1 Å². The normalized spacial score (nSPS) is 21.6. The zero-order valence-electron chi connectivity index (χ0n) is 43.5. The molecule has 9 fully saturated rings. The smallest absolute Gasteiger partial charge is 0.336 e. The molecule has 1 aromatic carbocycles. The third-order valence-electron chi connectivity index (χ3n) is 11.6. The van der Waals surface area contributed by atoms with Gasteiger partial charge in [0.1, 0.15) is 5.58 Å².